The molecule has 2 heterocycles. The van der Waals surface area contributed by atoms with Gasteiger partial charge in [0, 0.05) is 30.3 Å². The van der Waals surface area contributed by atoms with Crippen LogP contribution in [0.3, 0.4) is 0 Å². The highest BCUT2D eigenvalue weighted by molar-refractivity contribution is 6.02. The Balaban J connectivity index is 1.45. The summed E-state index contributed by atoms with van der Waals surface area (Å²) in [7, 11) is 1.50. The number of rotatable bonds is 8. The fourth-order valence-electron chi connectivity index (χ4n) is 5.77. The molecule has 11 nitrogen and oxygen atoms in total. The standard InChI is InChI=1S/C29H33N3O8/c1-38-21-9-5-8-19(14-21)28(36)31-12-13-32(29(37)20-10-11-23-24(15-20)40-17-39-23)27(31)26(35)30-22(16-25(33)34)18-6-3-2-4-7-18/h5,8-11,14-15,18,22,27H,2-4,6-7,12-13,16-17H2,1H3,(H,30,35)(H,33,34). The first-order chi connectivity index (χ1) is 19.4. The maximum Gasteiger partial charge on any atom is 0.305 e. The van der Waals surface area contributed by atoms with Gasteiger partial charge in [-0.05, 0) is 55.2 Å². The van der Waals surface area contributed by atoms with Gasteiger partial charge in [-0.25, -0.2) is 0 Å². The zero-order valence-corrected chi connectivity index (χ0v) is 22.3. The molecule has 2 aliphatic heterocycles. The maximum absolute atomic E-state index is 13.9. The number of amides is 3. The Morgan fingerprint density at radius 2 is 1.62 bits per heavy atom. The van der Waals surface area contributed by atoms with E-state index in [4.69, 9.17) is 14.2 Å². The monoisotopic (exact) mass is 551 g/mol. The van der Waals surface area contributed by atoms with Gasteiger partial charge >= 0.3 is 5.97 Å². The second-order valence-electron chi connectivity index (χ2n) is 10.3. The fourth-order valence-corrected chi connectivity index (χ4v) is 5.77. The zero-order valence-electron chi connectivity index (χ0n) is 22.3. The minimum atomic E-state index is -1.27. The van der Waals surface area contributed by atoms with Crippen LogP contribution in [0.5, 0.6) is 17.2 Å². The summed E-state index contributed by atoms with van der Waals surface area (Å²) in [4.78, 5) is 55.7. The third-order valence-electron chi connectivity index (χ3n) is 7.81. The van der Waals surface area contributed by atoms with Crippen LogP contribution in [0, 0.1) is 5.92 Å². The molecule has 1 saturated carbocycles. The highest BCUT2D eigenvalue weighted by atomic mass is 16.7. The SMILES string of the molecule is COc1cccc(C(=O)N2CCN(C(=O)c3ccc4c(c3)OCO4)C2C(=O)NC(CC(=O)O)C2CCCCC2)c1. The van der Waals surface area contributed by atoms with E-state index in [0.717, 1.165) is 32.1 Å². The van der Waals surface area contributed by atoms with Gasteiger partial charge in [-0.15, -0.1) is 0 Å². The van der Waals surface area contributed by atoms with Crippen LogP contribution < -0.4 is 19.5 Å². The van der Waals surface area contributed by atoms with Crippen molar-refractivity contribution in [2.45, 2.75) is 50.7 Å². The molecule has 11 heteroatoms. The van der Waals surface area contributed by atoms with Crippen LogP contribution in [0.25, 0.3) is 0 Å². The van der Waals surface area contributed by atoms with Gasteiger partial charge in [-0.3, -0.25) is 19.2 Å². The molecule has 2 aromatic carbocycles. The first kappa shape index (κ1) is 27.3. The summed E-state index contributed by atoms with van der Waals surface area (Å²) in [5, 5.41) is 12.5. The van der Waals surface area contributed by atoms with Crippen LogP contribution in [-0.2, 0) is 9.59 Å². The molecule has 2 fully saturated rings. The molecule has 5 rings (SSSR count). The van der Waals surface area contributed by atoms with E-state index < -0.39 is 35.9 Å². The zero-order chi connectivity index (χ0) is 28.2. The topological polar surface area (TPSA) is 135 Å². The van der Waals surface area contributed by atoms with Gasteiger partial charge in [0.2, 0.25) is 6.79 Å². The number of fused-ring (bicyclic) bond motifs is 1. The molecule has 40 heavy (non-hydrogen) atoms. The Kier molecular flexibility index (Phi) is 8.09. The third-order valence-corrected chi connectivity index (χ3v) is 7.81. The van der Waals surface area contributed by atoms with Crippen molar-refractivity contribution in [2.24, 2.45) is 5.92 Å². The van der Waals surface area contributed by atoms with Gasteiger partial charge in [0.15, 0.2) is 17.7 Å². The molecule has 1 aliphatic carbocycles. The molecule has 0 radical (unpaired) electrons. The van der Waals surface area contributed by atoms with Crippen LogP contribution >= 0.6 is 0 Å². The number of ether oxygens (including phenoxy) is 3. The predicted molar refractivity (Wildman–Crippen MR) is 142 cm³/mol. The van der Waals surface area contributed by atoms with E-state index in [-0.39, 0.29) is 37.8 Å². The van der Waals surface area contributed by atoms with E-state index in [2.05, 4.69) is 5.32 Å². The molecule has 1 saturated heterocycles. The summed E-state index contributed by atoms with van der Waals surface area (Å²) in [6.45, 7) is 0.294. The van der Waals surface area contributed by atoms with Crippen LogP contribution in [0.1, 0.15) is 59.2 Å². The average molecular weight is 552 g/mol. The second kappa shape index (κ2) is 11.8. The normalized spacial score (nSPS) is 19.3. The molecular formula is C29H33N3O8. The number of benzene rings is 2. The van der Waals surface area contributed by atoms with E-state index in [0.29, 0.717) is 22.8 Å². The molecule has 2 atom stereocenters. The summed E-state index contributed by atoms with van der Waals surface area (Å²) in [6.07, 6.45) is 3.14. The van der Waals surface area contributed by atoms with Crippen molar-refractivity contribution in [3.8, 4) is 17.2 Å². The van der Waals surface area contributed by atoms with Crippen LogP contribution in [0.2, 0.25) is 0 Å². The Labute approximate surface area is 232 Å². The highest BCUT2D eigenvalue weighted by Gasteiger charge is 2.44. The molecule has 2 aromatic rings. The second-order valence-corrected chi connectivity index (χ2v) is 10.3. The predicted octanol–water partition coefficient (Wildman–Crippen LogP) is 2.89. The molecule has 2 unspecified atom stereocenters. The number of aliphatic carboxylic acids is 1. The Bertz CT molecular complexity index is 1290. The average Bonchev–Trinajstić information content (AvgIpc) is 3.63. The Morgan fingerprint density at radius 1 is 0.950 bits per heavy atom. The molecule has 0 bridgehead atoms. The summed E-state index contributed by atoms with van der Waals surface area (Å²) >= 11 is 0. The minimum Gasteiger partial charge on any atom is -0.497 e. The number of carbonyl (C=O) groups is 4. The lowest BCUT2D eigenvalue weighted by molar-refractivity contribution is -0.138. The molecule has 2 N–H and O–H groups in total. The van der Waals surface area contributed by atoms with Crippen molar-refractivity contribution in [1.29, 1.82) is 0 Å². The lowest BCUT2D eigenvalue weighted by Gasteiger charge is -2.34. The largest absolute Gasteiger partial charge is 0.497 e. The smallest absolute Gasteiger partial charge is 0.305 e. The lowest BCUT2D eigenvalue weighted by atomic mass is 9.82. The number of hydrogen-bond acceptors (Lipinski definition) is 7. The van der Waals surface area contributed by atoms with E-state index in [1.807, 2.05) is 0 Å². The highest BCUT2D eigenvalue weighted by Crippen LogP contribution is 2.34. The van der Waals surface area contributed by atoms with Gasteiger partial charge < -0.3 is 34.4 Å². The van der Waals surface area contributed by atoms with Gasteiger partial charge in [-0.1, -0.05) is 25.3 Å². The number of nitrogens with one attached hydrogen (secondary N) is 1. The van der Waals surface area contributed by atoms with Gasteiger partial charge in [0.05, 0.1) is 13.5 Å². The summed E-state index contributed by atoms with van der Waals surface area (Å²) in [5.74, 6) is -1.05. The van der Waals surface area contributed by atoms with Crippen LogP contribution in [0.4, 0.5) is 0 Å². The van der Waals surface area contributed by atoms with E-state index in [1.165, 1.54) is 16.9 Å². The quantitative estimate of drug-likeness (QED) is 0.512. The molecule has 0 aromatic heterocycles. The number of carboxylic acid groups (broad SMARTS) is 1. The van der Waals surface area contributed by atoms with Crippen molar-refractivity contribution in [1.82, 2.24) is 15.1 Å². The summed E-state index contributed by atoms with van der Waals surface area (Å²) in [6, 6.07) is 10.8. The van der Waals surface area contributed by atoms with Crippen LogP contribution in [0.15, 0.2) is 42.5 Å². The number of methoxy groups -OCH3 is 1. The van der Waals surface area contributed by atoms with E-state index >= 15 is 0 Å². The van der Waals surface area contributed by atoms with Crippen molar-refractivity contribution in [2.75, 3.05) is 27.0 Å². The molecule has 3 amide bonds. The maximum atomic E-state index is 13.9. The molecule has 0 spiro atoms. The van der Waals surface area contributed by atoms with Crippen LogP contribution in [-0.4, -0.2) is 77.8 Å². The minimum absolute atomic E-state index is 0.00995. The Hall–Kier alpha value is -4.28. The van der Waals surface area contributed by atoms with Gasteiger partial charge in [0.25, 0.3) is 17.7 Å². The first-order valence-electron chi connectivity index (χ1n) is 13.5. The number of carboxylic acids is 1. The van der Waals surface area contributed by atoms with Gasteiger partial charge in [0.1, 0.15) is 5.75 Å². The van der Waals surface area contributed by atoms with Crippen molar-refractivity contribution in [3.63, 3.8) is 0 Å². The van der Waals surface area contributed by atoms with Crippen molar-refractivity contribution < 1.29 is 38.5 Å². The molecule has 3 aliphatic rings. The lowest BCUT2D eigenvalue weighted by Crippen LogP contribution is -2.56. The summed E-state index contributed by atoms with van der Waals surface area (Å²) < 4.78 is 16.0. The molecular weight excluding hydrogens is 518 g/mol. The van der Waals surface area contributed by atoms with Crippen molar-refractivity contribution in [3.05, 3.63) is 53.6 Å². The van der Waals surface area contributed by atoms with Gasteiger partial charge in [-0.2, -0.15) is 0 Å². The first-order valence-corrected chi connectivity index (χ1v) is 13.5. The van der Waals surface area contributed by atoms with E-state index in [9.17, 15) is 24.3 Å². The van der Waals surface area contributed by atoms with E-state index in [1.54, 1.807) is 42.5 Å². The van der Waals surface area contributed by atoms with Crippen molar-refractivity contribution >= 4 is 23.7 Å². The number of hydrogen-bond donors (Lipinski definition) is 2. The number of nitrogens with zero attached hydrogens (tertiary/aromatic N) is 2. The summed E-state index contributed by atoms with van der Waals surface area (Å²) in [5.41, 5.74) is 0.594. The molecule has 212 valence electrons. The Morgan fingerprint density at radius 3 is 2.30 bits per heavy atom. The number of carbonyl (C=O) groups excluding carboxylic acids is 3. The third kappa shape index (κ3) is 5.68. The fraction of sp³-hybridized carbons (Fsp3) is 0.448.